The molecule has 0 spiro atoms. The first-order valence-corrected chi connectivity index (χ1v) is 12.3. The van der Waals surface area contributed by atoms with Crippen LogP contribution >= 0.6 is 0 Å². The maximum atomic E-state index is 13.8. The van der Waals surface area contributed by atoms with Crippen LogP contribution in [0.5, 0.6) is 17.2 Å². The molecule has 2 aromatic carbocycles. The van der Waals surface area contributed by atoms with Crippen molar-refractivity contribution in [1.82, 2.24) is 9.55 Å². The molecule has 8 nitrogen and oxygen atoms in total. The number of esters is 1. The van der Waals surface area contributed by atoms with Crippen molar-refractivity contribution < 1.29 is 24.5 Å². The second kappa shape index (κ2) is 12.1. The summed E-state index contributed by atoms with van der Waals surface area (Å²) in [5, 5.41) is 20.5. The summed E-state index contributed by atoms with van der Waals surface area (Å²) >= 11 is 0. The van der Waals surface area contributed by atoms with E-state index >= 15 is 0 Å². The number of rotatable bonds is 10. The molecule has 0 aliphatic rings. The van der Waals surface area contributed by atoms with E-state index in [2.05, 4.69) is 4.98 Å². The third kappa shape index (κ3) is 6.21. The lowest BCUT2D eigenvalue weighted by Crippen LogP contribution is -2.29. The summed E-state index contributed by atoms with van der Waals surface area (Å²) in [6.07, 6.45) is 2.05. The highest BCUT2D eigenvalue weighted by Crippen LogP contribution is 2.37. The third-order valence-corrected chi connectivity index (χ3v) is 6.43. The first-order chi connectivity index (χ1) is 18.4. The first kappa shape index (κ1) is 26.5. The number of nitrogens with zero attached hydrogens (tertiary/aromatic N) is 2. The zero-order valence-electron chi connectivity index (χ0n) is 21.3. The van der Waals surface area contributed by atoms with E-state index in [9.17, 15) is 19.8 Å². The van der Waals surface area contributed by atoms with Crippen molar-refractivity contribution in [2.24, 2.45) is 0 Å². The molecule has 4 rings (SSSR count). The number of pyridine rings is 2. The van der Waals surface area contributed by atoms with E-state index in [0.717, 1.165) is 11.3 Å². The second-order valence-corrected chi connectivity index (χ2v) is 8.94. The van der Waals surface area contributed by atoms with Crippen molar-refractivity contribution in [3.63, 3.8) is 0 Å². The average Bonchev–Trinajstić information content (AvgIpc) is 2.92. The number of hydrogen-bond donors (Lipinski definition) is 2. The molecule has 0 unspecified atom stereocenters. The molecule has 0 saturated heterocycles. The molecule has 0 amide bonds. The maximum absolute atomic E-state index is 13.8. The van der Waals surface area contributed by atoms with Gasteiger partial charge in [-0.15, -0.1) is 0 Å². The van der Waals surface area contributed by atoms with E-state index in [1.54, 1.807) is 66.2 Å². The van der Waals surface area contributed by atoms with Crippen LogP contribution in [0.2, 0.25) is 0 Å². The maximum Gasteiger partial charge on any atom is 0.306 e. The summed E-state index contributed by atoms with van der Waals surface area (Å²) in [6.45, 7) is 2.30. The van der Waals surface area contributed by atoms with Gasteiger partial charge in [-0.05, 0) is 55.3 Å². The molecule has 38 heavy (non-hydrogen) atoms. The van der Waals surface area contributed by atoms with Crippen molar-refractivity contribution in [2.45, 2.75) is 38.8 Å². The molecule has 0 aliphatic carbocycles. The molecule has 0 bridgehead atoms. The number of carbonyl (C=O) groups excluding carboxylic acids is 1. The topological polar surface area (TPSA) is 111 Å². The van der Waals surface area contributed by atoms with Crippen LogP contribution in [0.4, 0.5) is 0 Å². The highest BCUT2D eigenvalue weighted by Gasteiger charge is 2.29. The number of hydrogen-bond acceptors (Lipinski definition) is 7. The number of carbonyl (C=O) groups is 1. The first-order valence-electron chi connectivity index (χ1n) is 12.3. The fraction of sp³-hybridized carbons (Fsp3) is 0.233. The van der Waals surface area contributed by atoms with Crippen LogP contribution in [-0.4, -0.2) is 32.8 Å². The van der Waals surface area contributed by atoms with Crippen molar-refractivity contribution >= 4 is 5.97 Å². The molecule has 2 aromatic heterocycles. The fourth-order valence-corrected chi connectivity index (χ4v) is 4.43. The lowest BCUT2D eigenvalue weighted by atomic mass is 9.87. The van der Waals surface area contributed by atoms with Gasteiger partial charge in [-0.3, -0.25) is 14.6 Å². The van der Waals surface area contributed by atoms with Crippen LogP contribution in [0, 0.1) is 6.92 Å². The third-order valence-electron chi connectivity index (χ3n) is 6.43. The Balaban J connectivity index is 1.73. The van der Waals surface area contributed by atoms with Gasteiger partial charge < -0.3 is 24.3 Å². The Bertz CT molecular complexity index is 1450. The van der Waals surface area contributed by atoms with Gasteiger partial charge in [-0.25, -0.2) is 0 Å². The van der Waals surface area contributed by atoms with E-state index in [1.165, 1.54) is 13.2 Å². The Morgan fingerprint density at radius 1 is 1.03 bits per heavy atom. The number of para-hydroxylation sites is 1. The molecule has 0 aliphatic heterocycles. The predicted octanol–water partition coefficient (Wildman–Crippen LogP) is 4.48. The van der Waals surface area contributed by atoms with Crippen LogP contribution in [0.15, 0.2) is 83.8 Å². The Kier molecular flexibility index (Phi) is 8.43. The van der Waals surface area contributed by atoms with Gasteiger partial charge in [-0.2, -0.15) is 0 Å². The molecule has 196 valence electrons. The highest BCUT2D eigenvalue weighted by atomic mass is 16.5. The van der Waals surface area contributed by atoms with E-state index in [0.29, 0.717) is 30.0 Å². The quantitative estimate of drug-likeness (QED) is 0.300. The summed E-state index contributed by atoms with van der Waals surface area (Å²) in [6, 6.07) is 21.0. The van der Waals surface area contributed by atoms with E-state index in [-0.39, 0.29) is 30.1 Å². The highest BCUT2D eigenvalue weighted by molar-refractivity contribution is 5.72. The van der Waals surface area contributed by atoms with Gasteiger partial charge in [0.2, 0.25) is 0 Å². The molecular formula is C30H30N2O6. The largest absolute Gasteiger partial charge is 0.508 e. The monoisotopic (exact) mass is 514 g/mol. The summed E-state index contributed by atoms with van der Waals surface area (Å²) in [5.74, 6) is -0.882. The summed E-state index contributed by atoms with van der Waals surface area (Å²) < 4.78 is 12.6. The summed E-state index contributed by atoms with van der Waals surface area (Å²) in [7, 11) is 1.29. The average molecular weight is 515 g/mol. The minimum absolute atomic E-state index is 0.0978. The van der Waals surface area contributed by atoms with Gasteiger partial charge >= 0.3 is 5.97 Å². The van der Waals surface area contributed by atoms with E-state index in [4.69, 9.17) is 9.47 Å². The van der Waals surface area contributed by atoms with E-state index in [1.807, 2.05) is 18.2 Å². The van der Waals surface area contributed by atoms with E-state index < -0.39 is 17.4 Å². The van der Waals surface area contributed by atoms with Crippen LogP contribution < -0.4 is 10.3 Å². The van der Waals surface area contributed by atoms with Gasteiger partial charge in [0.1, 0.15) is 23.9 Å². The molecular weight excluding hydrogens is 484 g/mol. The van der Waals surface area contributed by atoms with Crippen molar-refractivity contribution in [3.05, 3.63) is 117 Å². The Morgan fingerprint density at radius 3 is 2.47 bits per heavy atom. The fourth-order valence-electron chi connectivity index (χ4n) is 4.43. The molecule has 2 heterocycles. The van der Waals surface area contributed by atoms with Crippen molar-refractivity contribution in [2.75, 3.05) is 7.11 Å². The minimum Gasteiger partial charge on any atom is -0.508 e. The standard InChI is InChI=1S/C30H30N2O6/c1-20-17-26(34)29(30(36)32(20)16-14-21-10-12-23(33)13-11-21)25(18-28(35)37-2)24-8-3-4-9-27(24)38-19-22-7-5-6-15-31-22/h3-13,15,17,25,33-34H,14,16,18-19H2,1-2H3/t25-/m1/s1. The van der Waals surface area contributed by atoms with Crippen LogP contribution in [0.1, 0.15) is 40.4 Å². The second-order valence-electron chi connectivity index (χ2n) is 8.94. The Hall–Kier alpha value is -4.59. The Morgan fingerprint density at radius 2 is 1.76 bits per heavy atom. The molecule has 2 N–H and O–H groups in total. The Labute approximate surface area is 220 Å². The molecule has 4 aromatic rings. The lowest BCUT2D eigenvalue weighted by Gasteiger charge is -2.22. The molecule has 0 fully saturated rings. The molecule has 8 heteroatoms. The van der Waals surface area contributed by atoms with Gasteiger partial charge in [0.15, 0.2) is 0 Å². The van der Waals surface area contributed by atoms with Crippen LogP contribution in [0.25, 0.3) is 0 Å². The van der Waals surface area contributed by atoms with Crippen LogP contribution in [0.3, 0.4) is 0 Å². The summed E-state index contributed by atoms with van der Waals surface area (Å²) in [5.41, 5.74) is 2.54. The smallest absolute Gasteiger partial charge is 0.306 e. The SMILES string of the molecule is COC(=O)C[C@H](c1ccccc1OCc1ccccn1)c1c(O)cc(C)n(CCc2ccc(O)cc2)c1=O. The number of aryl methyl sites for hydroxylation is 2. The minimum atomic E-state index is -0.810. The van der Waals surface area contributed by atoms with Gasteiger partial charge in [0.05, 0.1) is 24.8 Å². The molecule has 0 radical (unpaired) electrons. The van der Waals surface area contributed by atoms with Crippen molar-refractivity contribution in [3.8, 4) is 17.2 Å². The zero-order valence-corrected chi connectivity index (χ0v) is 21.3. The number of aromatic hydroxyl groups is 2. The summed E-state index contributed by atoms with van der Waals surface area (Å²) in [4.78, 5) is 30.6. The van der Waals surface area contributed by atoms with Crippen LogP contribution in [-0.2, 0) is 29.1 Å². The van der Waals surface area contributed by atoms with Gasteiger partial charge in [0, 0.05) is 29.9 Å². The number of phenolic OH excluding ortho intramolecular Hbond substituents is 1. The molecule has 1 atom stereocenters. The van der Waals surface area contributed by atoms with Gasteiger partial charge in [-0.1, -0.05) is 36.4 Å². The number of aromatic nitrogens is 2. The predicted molar refractivity (Wildman–Crippen MR) is 142 cm³/mol. The van der Waals surface area contributed by atoms with Crippen molar-refractivity contribution in [1.29, 1.82) is 0 Å². The number of methoxy groups -OCH3 is 1. The lowest BCUT2D eigenvalue weighted by molar-refractivity contribution is -0.140. The zero-order chi connectivity index (χ0) is 27.1. The number of ether oxygens (including phenoxy) is 2. The van der Waals surface area contributed by atoms with Gasteiger partial charge in [0.25, 0.3) is 5.56 Å². The number of benzene rings is 2. The normalized spacial score (nSPS) is 11.6. The number of phenols is 1. The molecule has 0 saturated carbocycles.